The van der Waals surface area contributed by atoms with Crippen molar-refractivity contribution in [3.8, 4) is 0 Å². The van der Waals surface area contributed by atoms with Crippen molar-refractivity contribution in [2.24, 2.45) is 10.8 Å². The summed E-state index contributed by atoms with van der Waals surface area (Å²) in [7, 11) is 0. The Hall–Kier alpha value is -0.870. The molecule has 2 heterocycles. The molecule has 0 saturated heterocycles. The van der Waals surface area contributed by atoms with Crippen LogP contribution in [0.3, 0.4) is 0 Å². The van der Waals surface area contributed by atoms with Crippen molar-refractivity contribution < 1.29 is 0 Å². The Bertz CT molecular complexity index is 303. The van der Waals surface area contributed by atoms with Crippen molar-refractivity contribution in [1.29, 1.82) is 0 Å². The van der Waals surface area contributed by atoms with Gasteiger partial charge in [-0.3, -0.25) is 5.01 Å². The molecule has 0 bridgehead atoms. The van der Waals surface area contributed by atoms with E-state index >= 15 is 0 Å². The monoisotopic (exact) mass is 195 g/mol. The molecule has 0 unspecified atom stereocenters. The molecule has 0 spiro atoms. The molecule has 13 heavy (non-hydrogen) atoms. The first-order valence-electron chi connectivity index (χ1n) is 4.30. The number of hydrogen-bond acceptors (Lipinski definition) is 4. The lowest BCUT2D eigenvalue weighted by molar-refractivity contribution is 0.134. The van der Waals surface area contributed by atoms with Crippen molar-refractivity contribution >= 4 is 17.6 Å². The quantitative estimate of drug-likeness (QED) is 0.779. The molecule has 2 rings (SSSR count). The Morgan fingerprint density at radius 3 is 3.15 bits per heavy atom. The van der Waals surface area contributed by atoms with Gasteiger partial charge in [-0.15, -0.1) is 11.3 Å². The Labute approximate surface area is 81.9 Å². The molecular weight excluding hydrogens is 182 g/mol. The second-order valence-corrected chi connectivity index (χ2v) is 4.53. The van der Waals surface area contributed by atoms with Gasteiger partial charge in [-0.2, -0.15) is 5.10 Å². The Morgan fingerprint density at radius 2 is 2.62 bits per heavy atom. The summed E-state index contributed by atoms with van der Waals surface area (Å²) in [6, 6.07) is 4.15. The predicted molar refractivity (Wildman–Crippen MR) is 55.6 cm³/mol. The molecule has 0 aromatic carbocycles. The smallest absolute Gasteiger partial charge is 0.107 e. The Kier molecular flexibility index (Phi) is 2.09. The van der Waals surface area contributed by atoms with Crippen LogP contribution >= 0.6 is 11.3 Å². The Balaban J connectivity index is 2.07. The van der Waals surface area contributed by atoms with E-state index in [9.17, 15) is 0 Å². The van der Waals surface area contributed by atoms with Gasteiger partial charge in [-0.25, -0.2) is 0 Å². The summed E-state index contributed by atoms with van der Waals surface area (Å²) in [5.41, 5.74) is 5.74. The minimum atomic E-state index is -0.302. The van der Waals surface area contributed by atoms with Crippen LogP contribution in [0, 0.1) is 0 Å². The molecule has 1 aromatic rings. The van der Waals surface area contributed by atoms with Gasteiger partial charge in [0.25, 0.3) is 0 Å². The van der Waals surface area contributed by atoms with Crippen LogP contribution in [0.25, 0.3) is 0 Å². The number of hydrazone groups is 1. The highest BCUT2D eigenvalue weighted by Gasteiger charge is 2.29. The lowest BCUT2D eigenvalue weighted by Crippen LogP contribution is -2.47. The van der Waals surface area contributed by atoms with E-state index in [1.165, 1.54) is 4.88 Å². The molecule has 3 nitrogen and oxygen atoms in total. The van der Waals surface area contributed by atoms with E-state index in [0.717, 1.165) is 13.0 Å². The van der Waals surface area contributed by atoms with Gasteiger partial charge in [-0.05, 0) is 18.4 Å². The van der Waals surface area contributed by atoms with Gasteiger partial charge in [0.2, 0.25) is 0 Å². The Morgan fingerprint density at radius 1 is 1.77 bits per heavy atom. The lowest BCUT2D eigenvalue weighted by atomic mass is 10.1. The summed E-state index contributed by atoms with van der Waals surface area (Å²) in [4.78, 5) is 1.30. The first-order chi connectivity index (χ1) is 6.18. The summed E-state index contributed by atoms with van der Waals surface area (Å²) in [6.45, 7) is 2.83. The topological polar surface area (TPSA) is 41.6 Å². The molecule has 1 atom stereocenters. The molecule has 0 amide bonds. The van der Waals surface area contributed by atoms with Crippen LogP contribution in [-0.2, 0) is 6.54 Å². The van der Waals surface area contributed by atoms with Crippen molar-refractivity contribution in [3.63, 3.8) is 0 Å². The van der Waals surface area contributed by atoms with E-state index in [1.54, 1.807) is 11.3 Å². The van der Waals surface area contributed by atoms with Crippen LogP contribution in [0.4, 0.5) is 0 Å². The summed E-state index contributed by atoms with van der Waals surface area (Å²) in [5, 5.41) is 8.27. The van der Waals surface area contributed by atoms with Gasteiger partial charge in [-0.1, -0.05) is 6.07 Å². The predicted octanol–water partition coefficient (Wildman–Crippen LogP) is 1.61. The van der Waals surface area contributed by atoms with Crippen molar-refractivity contribution in [2.45, 2.75) is 25.6 Å². The van der Waals surface area contributed by atoms with Crippen molar-refractivity contribution in [2.75, 3.05) is 0 Å². The van der Waals surface area contributed by atoms with Crippen LogP contribution < -0.4 is 5.73 Å². The first-order valence-corrected chi connectivity index (χ1v) is 5.18. The molecular formula is C9H13N3S. The van der Waals surface area contributed by atoms with Gasteiger partial charge >= 0.3 is 0 Å². The molecule has 1 aliphatic heterocycles. The fraction of sp³-hybridized carbons (Fsp3) is 0.444. The highest BCUT2D eigenvalue weighted by atomic mass is 32.1. The van der Waals surface area contributed by atoms with Crippen molar-refractivity contribution in [3.05, 3.63) is 22.4 Å². The van der Waals surface area contributed by atoms with Gasteiger partial charge in [0.05, 0.1) is 6.54 Å². The zero-order chi connectivity index (χ0) is 9.31. The number of rotatable bonds is 2. The largest absolute Gasteiger partial charge is 0.307 e. The van der Waals surface area contributed by atoms with Crippen molar-refractivity contribution in [1.82, 2.24) is 5.01 Å². The SMILES string of the molecule is C[C@]1(N)CC=NN1Cc1cccs1. The zero-order valence-corrected chi connectivity index (χ0v) is 8.42. The highest BCUT2D eigenvalue weighted by Crippen LogP contribution is 2.22. The summed E-state index contributed by atoms with van der Waals surface area (Å²) in [5.74, 6) is 0. The first kappa shape index (κ1) is 8.72. The third-order valence-electron chi connectivity index (χ3n) is 2.20. The molecule has 0 aliphatic carbocycles. The average Bonchev–Trinajstić information content (AvgIpc) is 2.63. The van der Waals surface area contributed by atoms with E-state index in [4.69, 9.17) is 5.73 Å². The number of hydrogen-bond donors (Lipinski definition) is 1. The van der Waals surface area contributed by atoms with Crippen LogP contribution in [0.15, 0.2) is 22.6 Å². The summed E-state index contributed by atoms with van der Waals surface area (Å²) in [6.07, 6.45) is 2.71. The molecule has 0 radical (unpaired) electrons. The summed E-state index contributed by atoms with van der Waals surface area (Å²) < 4.78 is 0. The molecule has 1 aliphatic rings. The zero-order valence-electron chi connectivity index (χ0n) is 7.60. The van der Waals surface area contributed by atoms with Crippen LogP contribution in [0.2, 0.25) is 0 Å². The maximum absolute atomic E-state index is 6.04. The van der Waals surface area contributed by atoms with Gasteiger partial charge in [0, 0.05) is 17.5 Å². The molecule has 1 aromatic heterocycles. The third kappa shape index (κ3) is 1.73. The highest BCUT2D eigenvalue weighted by molar-refractivity contribution is 7.09. The summed E-state index contributed by atoms with van der Waals surface area (Å²) >= 11 is 1.74. The number of thiophene rings is 1. The van der Waals surface area contributed by atoms with E-state index in [-0.39, 0.29) is 5.66 Å². The van der Waals surface area contributed by atoms with E-state index in [0.29, 0.717) is 0 Å². The number of nitrogens with two attached hydrogens (primary N) is 1. The fourth-order valence-electron chi connectivity index (χ4n) is 1.33. The van der Waals surface area contributed by atoms with Crippen LogP contribution in [-0.4, -0.2) is 16.9 Å². The fourth-order valence-corrected chi connectivity index (χ4v) is 2.02. The van der Waals surface area contributed by atoms with Crippen LogP contribution in [0.1, 0.15) is 18.2 Å². The van der Waals surface area contributed by atoms with E-state index in [2.05, 4.69) is 16.5 Å². The third-order valence-corrected chi connectivity index (χ3v) is 3.06. The average molecular weight is 195 g/mol. The van der Waals surface area contributed by atoms with E-state index in [1.807, 2.05) is 24.2 Å². The maximum Gasteiger partial charge on any atom is 0.107 e. The van der Waals surface area contributed by atoms with Crippen LogP contribution in [0.5, 0.6) is 0 Å². The standard InChI is InChI=1S/C9H13N3S/c1-9(10)4-5-11-12(9)7-8-3-2-6-13-8/h2-3,5-6H,4,7,10H2,1H3/t9-/m1/s1. The van der Waals surface area contributed by atoms with Gasteiger partial charge in [0.1, 0.15) is 5.66 Å². The van der Waals surface area contributed by atoms with Gasteiger partial charge < -0.3 is 5.73 Å². The van der Waals surface area contributed by atoms with E-state index < -0.39 is 0 Å². The van der Waals surface area contributed by atoms with Gasteiger partial charge in [0.15, 0.2) is 0 Å². The minimum absolute atomic E-state index is 0.302. The molecule has 4 heteroatoms. The second-order valence-electron chi connectivity index (χ2n) is 3.50. The minimum Gasteiger partial charge on any atom is -0.307 e. The molecule has 0 saturated carbocycles. The molecule has 0 fully saturated rings. The number of nitrogens with zero attached hydrogens (tertiary/aromatic N) is 2. The molecule has 2 N–H and O–H groups in total. The second kappa shape index (κ2) is 3.12. The maximum atomic E-state index is 6.04. The normalized spacial score (nSPS) is 27.1. The lowest BCUT2D eigenvalue weighted by Gasteiger charge is -2.29. The molecule has 70 valence electrons.